The Morgan fingerprint density at radius 1 is 0.967 bits per heavy atom. The lowest BCUT2D eigenvalue weighted by Gasteiger charge is -2.09. The Bertz CT molecular complexity index is 993. The average Bonchev–Trinajstić information content (AvgIpc) is 2.79. The van der Waals surface area contributed by atoms with Crippen molar-refractivity contribution >= 4 is 12.1 Å². The third-order valence-electron chi connectivity index (χ3n) is 4.24. The molecule has 0 saturated heterocycles. The lowest BCUT2D eigenvalue weighted by atomic mass is 10.1. The van der Waals surface area contributed by atoms with Crippen LogP contribution in [-0.2, 0) is 4.79 Å². The summed E-state index contributed by atoms with van der Waals surface area (Å²) in [7, 11) is 2.86. The Morgan fingerprint density at radius 3 is 2.17 bits per heavy atom. The van der Waals surface area contributed by atoms with E-state index < -0.39 is 5.91 Å². The smallest absolute Gasteiger partial charge is 0.277 e. The van der Waals surface area contributed by atoms with Gasteiger partial charge in [0, 0.05) is 5.56 Å². The van der Waals surface area contributed by atoms with Gasteiger partial charge < -0.3 is 19.3 Å². The van der Waals surface area contributed by atoms with Crippen LogP contribution in [0.5, 0.6) is 23.0 Å². The van der Waals surface area contributed by atoms with Crippen LogP contribution in [-0.4, -0.2) is 38.1 Å². The molecule has 3 rings (SSSR count). The van der Waals surface area contributed by atoms with Crippen molar-refractivity contribution in [3.63, 3.8) is 0 Å². The Kier molecular flexibility index (Phi) is 6.89. The van der Waals surface area contributed by atoms with Crippen molar-refractivity contribution in [1.82, 2.24) is 5.43 Å². The Hall–Kier alpha value is -4.00. The minimum absolute atomic E-state index is 0.104. The Morgan fingerprint density at radius 2 is 1.57 bits per heavy atom. The first-order chi connectivity index (χ1) is 14.6. The second-order valence-corrected chi connectivity index (χ2v) is 6.25. The minimum atomic E-state index is -0.406. The molecule has 1 amide bonds. The molecule has 0 radical (unpaired) electrons. The summed E-state index contributed by atoms with van der Waals surface area (Å²) < 4.78 is 15.7. The number of hydrazone groups is 1. The molecule has 0 unspecified atom stereocenters. The van der Waals surface area contributed by atoms with Gasteiger partial charge in [-0.3, -0.25) is 4.79 Å². The number of ether oxygens (including phenoxy) is 3. The van der Waals surface area contributed by atoms with Gasteiger partial charge in [-0.15, -0.1) is 0 Å². The molecule has 0 saturated carbocycles. The average molecular weight is 406 g/mol. The van der Waals surface area contributed by atoms with E-state index in [1.165, 1.54) is 20.4 Å². The number of hydrogen-bond acceptors (Lipinski definition) is 6. The van der Waals surface area contributed by atoms with Gasteiger partial charge >= 0.3 is 0 Å². The molecule has 0 aliphatic carbocycles. The molecule has 7 nitrogen and oxygen atoms in total. The zero-order chi connectivity index (χ0) is 21.3. The van der Waals surface area contributed by atoms with E-state index >= 15 is 0 Å². The maximum absolute atomic E-state index is 12.0. The van der Waals surface area contributed by atoms with Crippen LogP contribution in [0.2, 0.25) is 0 Å². The highest BCUT2D eigenvalue weighted by Gasteiger charge is 2.10. The summed E-state index contributed by atoms with van der Waals surface area (Å²) >= 11 is 0. The molecular formula is C23H22N2O5. The number of carbonyl (C=O) groups excluding carboxylic acids is 1. The highest BCUT2D eigenvalue weighted by atomic mass is 16.5. The summed E-state index contributed by atoms with van der Waals surface area (Å²) in [6.45, 7) is -0.176. The van der Waals surface area contributed by atoms with E-state index in [0.29, 0.717) is 11.3 Å². The van der Waals surface area contributed by atoms with Gasteiger partial charge in [0.25, 0.3) is 5.91 Å². The van der Waals surface area contributed by atoms with Gasteiger partial charge in [0.1, 0.15) is 5.75 Å². The fraction of sp³-hybridized carbons (Fsp3) is 0.130. The van der Waals surface area contributed by atoms with Gasteiger partial charge in [-0.2, -0.15) is 5.10 Å². The summed E-state index contributed by atoms with van der Waals surface area (Å²) in [5.41, 5.74) is 5.15. The zero-order valence-electron chi connectivity index (χ0n) is 16.7. The van der Waals surface area contributed by atoms with E-state index in [1.807, 2.05) is 54.6 Å². The molecule has 0 aliphatic heterocycles. The molecule has 30 heavy (non-hydrogen) atoms. The number of methoxy groups -OCH3 is 2. The molecule has 7 heteroatoms. The number of aromatic hydroxyl groups is 1. The van der Waals surface area contributed by atoms with Gasteiger partial charge in [0.05, 0.1) is 20.4 Å². The molecule has 0 spiro atoms. The minimum Gasteiger partial charge on any atom is -0.502 e. The van der Waals surface area contributed by atoms with Gasteiger partial charge in [-0.05, 0) is 35.4 Å². The van der Waals surface area contributed by atoms with Crippen LogP contribution in [0.1, 0.15) is 5.56 Å². The second-order valence-electron chi connectivity index (χ2n) is 6.25. The van der Waals surface area contributed by atoms with E-state index in [1.54, 1.807) is 12.1 Å². The van der Waals surface area contributed by atoms with E-state index in [0.717, 1.165) is 11.1 Å². The highest BCUT2D eigenvalue weighted by molar-refractivity contribution is 5.84. The molecule has 0 heterocycles. The van der Waals surface area contributed by atoms with Gasteiger partial charge in [-0.1, -0.05) is 42.5 Å². The number of nitrogens with one attached hydrogen (secondary N) is 1. The normalized spacial score (nSPS) is 10.6. The van der Waals surface area contributed by atoms with Crippen LogP contribution in [0.4, 0.5) is 0 Å². The topological polar surface area (TPSA) is 89.4 Å². The first kappa shape index (κ1) is 20.7. The summed E-state index contributed by atoms with van der Waals surface area (Å²) in [6.07, 6.45) is 1.41. The first-order valence-electron chi connectivity index (χ1n) is 9.16. The molecule has 2 N–H and O–H groups in total. The predicted molar refractivity (Wildman–Crippen MR) is 114 cm³/mol. The van der Waals surface area contributed by atoms with Crippen molar-refractivity contribution in [2.24, 2.45) is 5.10 Å². The molecule has 154 valence electrons. The number of hydrogen-bond donors (Lipinski definition) is 2. The van der Waals surface area contributed by atoms with E-state index in [2.05, 4.69) is 10.5 Å². The lowest BCUT2D eigenvalue weighted by molar-refractivity contribution is -0.123. The number of rotatable bonds is 8. The monoisotopic (exact) mass is 406 g/mol. The van der Waals surface area contributed by atoms with Gasteiger partial charge in [-0.25, -0.2) is 5.43 Å². The van der Waals surface area contributed by atoms with E-state index in [4.69, 9.17) is 14.2 Å². The van der Waals surface area contributed by atoms with Crippen molar-refractivity contribution in [3.05, 3.63) is 72.3 Å². The van der Waals surface area contributed by atoms with Crippen molar-refractivity contribution in [1.29, 1.82) is 0 Å². The maximum Gasteiger partial charge on any atom is 0.277 e. The Labute approximate surface area is 174 Å². The molecule has 0 aromatic heterocycles. The third kappa shape index (κ3) is 5.29. The van der Waals surface area contributed by atoms with Gasteiger partial charge in [0.15, 0.2) is 18.1 Å². The number of carbonyl (C=O) groups is 1. The van der Waals surface area contributed by atoms with Crippen LogP contribution in [0.3, 0.4) is 0 Å². The number of phenolic OH excluding ortho intramolecular Hbond substituents is 1. The third-order valence-corrected chi connectivity index (χ3v) is 4.24. The largest absolute Gasteiger partial charge is 0.502 e. The molecule has 0 atom stereocenters. The second kappa shape index (κ2) is 9.97. The van der Waals surface area contributed by atoms with Crippen molar-refractivity contribution in [3.8, 4) is 34.1 Å². The predicted octanol–water partition coefficient (Wildman–Crippen LogP) is 3.61. The fourth-order valence-corrected chi connectivity index (χ4v) is 2.72. The molecule has 3 aromatic carbocycles. The standard InChI is InChI=1S/C23H22N2O5/c1-28-20-12-16(13-21(29-2)23(20)27)14-24-25-22(26)15-30-19-10-8-18(9-11-19)17-6-4-3-5-7-17/h3-14,27H,15H2,1-2H3,(H,25,26). The fourth-order valence-electron chi connectivity index (χ4n) is 2.72. The van der Waals surface area contributed by atoms with Crippen LogP contribution in [0.25, 0.3) is 11.1 Å². The number of benzene rings is 3. The SMILES string of the molecule is COc1cc(C=NNC(=O)COc2ccc(-c3ccccc3)cc2)cc(OC)c1O. The number of nitrogens with zero attached hydrogens (tertiary/aromatic N) is 1. The molecule has 3 aromatic rings. The van der Waals surface area contributed by atoms with Crippen LogP contribution in [0.15, 0.2) is 71.8 Å². The quantitative estimate of drug-likeness (QED) is 0.441. The van der Waals surface area contributed by atoms with Crippen LogP contribution in [0, 0.1) is 0 Å². The molecule has 0 aliphatic rings. The summed E-state index contributed by atoms with van der Waals surface area (Å²) in [5, 5.41) is 13.8. The number of phenols is 1. The number of amides is 1. The van der Waals surface area contributed by atoms with Crippen molar-refractivity contribution in [2.45, 2.75) is 0 Å². The molecule has 0 fully saturated rings. The molecular weight excluding hydrogens is 384 g/mol. The van der Waals surface area contributed by atoms with Crippen LogP contribution < -0.4 is 19.6 Å². The maximum atomic E-state index is 12.0. The first-order valence-corrected chi connectivity index (χ1v) is 9.16. The van der Waals surface area contributed by atoms with Crippen molar-refractivity contribution in [2.75, 3.05) is 20.8 Å². The Balaban J connectivity index is 1.53. The lowest BCUT2D eigenvalue weighted by Crippen LogP contribution is -2.24. The summed E-state index contributed by atoms with van der Waals surface area (Å²) in [6, 6.07) is 20.6. The van der Waals surface area contributed by atoms with E-state index in [9.17, 15) is 9.90 Å². The molecule has 0 bridgehead atoms. The van der Waals surface area contributed by atoms with E-state index in [-0.39, 0.29) is 23.9 Å². The van der Waals surface area contributed by atoms with Crippen LogP contribution >= 0.6 is 0 Å². The zero-order valence-corrected chi connectivity index (χ0v) is 16.7. The summed E-state index contributed by atoms with van der Waals surface area (Å²) in [4.78, 5) is 12.0. The van der Waals surface area contributed by atoms with Crippen molar-refractivity contribution < 1.29 is 24.1 Å². The summed E-state index contributed by atoms with van der Waals surface area (Å²) in [5.74, 6) is 0.555. The van der Waals surface area contributed by atoms with Gasteiger partial charge in [0.2, 0.25) is 5.75 Å². The highest BCUT2D eigenvalue weighted by Crippen LogP contribution is 2.36.